The van der Waals surface area contributed by atoms with Gasteiger partial charge in [-0.3, -0.25) is 23.5 Å². The van der Waals surface area contributed by atoms with E-state index in [1.165, 1.54) is 12.7 Å². The summed E-state index contributed by atoms with van der Waals surface area (Å²) in [5.74, 6) is 0.970. The number of carbonyl (C=O) groups is 4. The normalized spacial score (nSPS) is 13.2. The molecule has 4 atom stereocenters. The minimum absolute atomic E-state index is 0.00487. The first kappa shape index (κ1) is 106. The van der Waals surface area contributed by atoms with Crippen LogP contribution in [-0.4, -0.2) is 109 Å². The van der Waals surface area contributed by atoms with E-state index in [0.717, 1.165) is 73.0 Å². The third kappa shape index (κ3) is 28.6. The predicted octanol–water partition coefficient (Wildman–Crippen LogP) is 23.1. The van der Waals surface area contributed by atoms with Gasteiger partial charge in [0.05, 0.1) is 42.6 Å². The fourth-order valence-corrected chi connectivity index (χ4v) is 13.3. The van der Waals surface area contributed by atoms with Crippen LogP contribution in [0.3, 0.4) is 0 Å². The zero-order valence-electron chi connectivity index (χ0n) is 81.6. The number of aromatic nitrogens is 8. The Balaban J connectivity index is 0.000000303. The maximum absolute atomic E-state index is 12.0. The molecule has 0 bridgehead atoms. The molecular weight excluding hydrogens is 1620 g/mol. The Morgan fingerprint density at radius 1 is 0.336 bits per heavy atom. The molecule has 4 unspecified atom stereocenters. The largest absolute Gasteiger partial charge is 0.511 e. The van der Waals surface area contributed by atoms with Gasteiger partial charge in [0.1, 0.15) is 69.3 Å². The molecular formula is C101H134N12O15. The van der Waals surface area contributed by atoms with Crippen LogP contribution < -0.4 is 0 Å². The zero-order chi connectivity index (χ0) is 96.4. The Bertz CT molecular complexity index is 5270. The molecule has 0 aliphatic heterocycles. The first-order valence-electron chi connectivity index (χ1n) is 43.5. The van der Waals surface area contributed by atoms with E-state index in [2.05, 4.69) is 132 Å². The van der Waals surface area contributed by atoms with Gasteiger partial charge in [0, 0.05) is 82.5 Å². The molecule has 0 amide bonds. The highest BCUT2D eigenvalue weighted by Gasteiger charge is 2.32. The van der Waals surface area contributed by atoms with Crippen molar-refractivity contribution in [2.75, 3.05) is 13.7 Å². The van der Waals surface area contributed by atoms with Crippen molar-refractivity contribution in [3.05, 3.63) is 209 Å². The van der Waals surface area contributed by atoms with Gasteiger partial charge in [-0.05, 0) is 176 Å². The molecule has 0 radical (unpaired) electrons. The van der Waals surface area contributed by atoms with Crippen molar-refractivity contribution in [1.82, 2.24) is 39.1 Å². The number of methoxy groups -OCH3 is 1. The number of nitriles is 4. The number of benzene rings is 4. The molecule has 128 heavy (non-hydrogen) atoms. The molecule has 0 saturated carbocycles. The molecule has 8 rings (SSSR count). The highest BCUT2D eigenvalue weighted by atomic mass is 16.8. The molecule has 27 heteroatoms. The van der Waals surface area contributed by atoms with Crippen LogP contribution in [0.15, 0.2) is 97.1 Å². The SMILES string of the molecule is CCCC(=O)OC(C)O/C(=C(/C#N)c1ccc(C(C)(C)C)cc1)c1c(C)c(C)nn1CC.CCOC(=O)OC(C)O/C(=C(/C#N)c1ccc(C(C)(C)C)cc1)c1c(C)c(C)nn1CC.CCn1nc(C)c(C)c1/C(OC(C)OC(=O)OC(C)C)=C(\C#N)c1ccc(C(C)(C)C)cc1.CCn1nc(C)c(C)c1/C(OC(C)OC(=O)OC)=C(\C#N)c1ccc(C(C)(C)C)cc1. The van der Waals surface area contributed by atoms with E-state index in [0.29, 0.717) is 118 Å². The summed E-state index contributed by atoms with van der Waals surface area (Å²) in [6.45, 7) is 65.0. The number of carbonyl (C=O) groups excluding carboxylic acids is 4. The minimum Gasteiger partial charge on any atom is -0.451 e. The number of allylic oxidation sites excluding steroid dienone is 4. The third-order valence-corrected chi connectivity index (χ3v) is 20.7. The van der Waals surface area contributed by atoms with E-state index < -0.39 is 43.6 Å². The Morgan fingerprint density at radius 3 is 0.758 bits per heavy atom. The number of hydrogen-bond acceptors (Lipinski definition) is 23. The number of ether oxygens (including phenoxy) is 11. The van der Waals surface area contributed by atoms with Crippen molar-refractivity contribution in [2.24, 2.45) is 0 Å². The highest BCUT2D eigenvalue weighted by Crippen LogP contribution is 2.39. The Labute approximate surface area is 758 Å². The molecule has 4 aromatic carbocycles. The number of rotatable bonds is 28. The minimum atomic E-state index is -0.983. The van der Waals surface area contributed by atoms with Crippen molar-refractivity contribution in [3.63, 3.8) is 0 Å². The average Bonchev–Trinajstić information content (AvgIpc) is 1.63. The van der Waals surface area contributed by atoms with Crippen LogP contribution in [0.5, 0.6) is 0 Å². The molecule has 0 aliphatic rings. The van der Waals surface area contributed by atoms with E-state index in [9.17, 15) is 40.2 Å². The van der Waals surface area contributed by atoms with Gasteiger partial charge < -0.3 is 52.1 Å². The molecule has 0 saturated heterocycles. The predicted molar refractivity (Wildman–Crippen MR) is 497 cm³/mol. The maximum Gasteiger partial charge on any atom is 0.511 e. The van der Waals surface area contributed by atoms with Crippen LogP contribution in [0.4, 0.5) is 14.4 Å². The number of nitrogens with zero attached hydrogens (tertiary/aromatic N) is 12. The molecule has 27 nitrogen and oxygen atoms in total. The standard InChI is InChI=1S/C26H35N3O4.C26H35N3O3.C25H33N3O4.C24H31N3O4/c1-10-29-23(17(4)18(5)28-29)24(32-19(6)33-25(30)31-16(2)3)22(15-27)20-11-13-21(14-12-20)26(7,8)9;1-9-11-23(30)31-19(5)32-25(24-17(3)18(4)28-29(24)10-2)22(16-27)20-12-14-21(15-13-20)26(6,7)8;1-9-28-22(16(3)17(4)27-28)23(31-18(5)32-24(29)30-10-2)21(15-26)19-11-13-20(14-12-19)25(6,7)8;1-9-27-21(15(2)16(3)26-27)22(30-17(4)31-23(28)29-8)20(14-25)18-10-12-19(13-11-18)24(5,6)7/h11-14,16,19H,10H2,1-9H3;12-15,19H,9-11H2,1-8H3;11-14,18H,9-10H2,1-8H3;10-13,17H,9H2,1-8H3/b24-22-;25-22-;23-21-;22-20-. The van der Waals surface area contributed by atoms with Gasteiger partial charge in [0.15, 0.2) is 23.0 Å². The van der Waals surface area contributed by atoms with Crippen LogP contribution in [-0.2, 0) is 105 Å². The van der Waals surface area contributed by atoms with E-state index >= 15 is 0 Å². The lowest BCUT2D eigenvalue weighted by molar-refractivity contribution is -0.164. The van der Waals surface area contributed by atoms with Gasteiger partial charge in [0.2, 0.25) is 25.2 Å². The van der Waals surface area contributed by atoms with Crippen LogP contribution in [0.2, 0.25) is 0 Å². The summed E-state index contributed by atoms with van der Waals surface area (Å²) < 4.78 is 67.0. The van der Waals surface area contributed by atoms with Gasteiger partial charge in [-0.2, -0.15) is 41.4 Å². The molecule has 8 aromatic rings. The summed E-state index contributed by atoms with van der Waals surface area (Å²) in [4.78, 5) is 47.3. The van der Waals surface area contributed by atoms with Crippen molar-refractivity contribution < 1.29 is 71.3 Å². The highest BCUT2D eigenvalue weighted by molar-refractivity contribution is 5.98. The maximum atomic E-state index is 12.0. The molecule has 688 valence electrons. The number of hydrogen-bond donors (Lipinski definition) is 0. The molecule has 4 heterocycles. The lowest BCUT2D eigenvalue weighted by Gasteiger charge is -2.21. The van der Waals surface area contributed by atoms with Gasteiger partial charge in [-0.15, -0.1) is 0 Å². The zero-order valence-corrected chi connectivity index (χ0v) is 81.6. The summed E-state index contributed by atoms with van der Waals surface area (Å²) in [5, 5.41) is 58.8. The Hall–Kier alpha value is -12.9. The fourth-order valence-electron chi connectivity index (χ4n) is 13.3. The lowest BCUT2D eigenvalue weighted by Crippen LogP contribution is -2.22. The lowest BCUT2D eigenvalue weighted by atomic mass is 9.86. The van der Waals surface area contributed by atoms with Crippen LogP contribution in [0.25, 0.3) is 45.3 Å². The van der Waals surface area contributed by atoms with Gasteiger partial charge in [0.25, 0.3) is 0 Å². The molecule has 0 spiro atoms. The van der Waals surface area contributed by atoms with Gasteiger partial charge >= 0.3 is 24.4 Å². The number of aryl methyl sites for hydroxylation is 8. The van der Waals surface area contributed by atoms with Crippen molar-refractivity contribution in [3.8, 4) is 24.3 Å². The first-order chi connectivity index (χ1) is 60.0. The summed E-state index contributed by atoms with van der Waals surface area (Å²) in [5.41, 5.74) is 18.6. The summed E-state index contributed by atoms with van der Waals surface area (Å²) in [6, 6.07) is 40.6. The van der Waals surface area contributed by atoms with Crippen molar-refractivity contribution in [2.45, 2.75) is 314 Å². The topological polar surface area (TPSA) is 336 Å². The average molecular weight is 1760 g/mol. The Kier molecular flexibility index (Phi) is 38.9. The van der Waals surface area contributed by atoms with E-state index in [-0.39, 0.29) is 40.3 Å². The Morgan fingerprint density at radius 2 is 0.562 bits per heavy atom. The van der Waals surface area contributed by atoms with E-state index in [1.54, 1.807) is 62.5 Å². The summed E-state index contributed by atoms with van der Waals surface area (Å²) >= 11 is 0. The monoisotopic (exact) mass is 1760 g/mol. The van der Waals surface area contributed by atoms with Crippen LogP contribution >= 0.6 is 0 Å². The quantitative estimate of drug-likeness (QED) is 0.0144. The molecule has 0 N–H and O–H groups in total. The third-order valence-electron chi connectivity index (χ3n) is 20.7. The summed E-state index contributed by atoms with van der Waals surface area (Å²) in [6.07, 6.45) is -5.61. The molecule has 0 fully saturated rings. The first-order valence-corrected chi connectivity index (χ1v) is 43.5. The molecule has 0 aliphatic carbocycles. The van der Waals surface area contributed by atoms with Crippen LogP contribution in [0.1, 0.15) is 291 Å². The second kappa shape index (κ2) is 47.1. The van der Waals surface area contributed by atoms with Crippen molar-refractivity contribution in [1.29, 1.82) is 21.0 Å². The van der Waals surface area contributed by atoms with Crippen molar-refractivity contribution >= 4 is 69.8 Å². The molecule has 4 aromatic heterocycles. The fraction of sp³-hybridized carbons (Fsp3) is 0.485. The van der Waals surface area contributed by atoms with E-state index in [4.69, 9.17) is 47.4 Å². The second-order valence-electron chi connectivity index (χ2n) is 35.0. The smallest absolute Gasteiger partial charge is 0.451 e. The summed E-state index contributed by atoms with van der Waals surface area (Å²) in [7, 11) is 1.23. The van der Waals surface area contributed by atoms with Crippen LogP contribution in [0, 0.1) is 101 Å². The number of esters is 1. The van der Waals surface area contributed by atoms with Gasteiger partial charge in [-0.25, -0.2) is 14.4 Å². The van der Waals surface area contributed by atoms with Gasteiger partial charge in [-0.1, -0.05) is 187 Å². The van der Waals surface area contributed by atoms with E-state index in [1.807, 2.05) is 192 Å². The second-order valence-corrected chi connectivity index (χ2v) is 35.0.